The van der Waals surface area contributed by atoms with Gasteiger partial charge in [-0.05, 0) is 49.9 Å². The molecule has 4 heteroatoms. The predicted molar refractivity (Wildman–Crippen MR) is 97.2 cm³/mol. The van der Waals surface area contributed by atoms with Gasteiger partial charge >= 0.3 is 0 Å². The highest BCUT2D eigenvalue weighted by atomic mass is 35.5. The van der Waals surface area contributed by atoms with Crippen molar-refractivity contribution in [3.05, 3.63) is 52.6 Å². The first-order valence-electron chi connectivity index (χ1n) is 9.20. The molecule has 0 unspecified atom stereocenters. The quantitative estimate of drug-likeness (QED) is 0.549. The van der Waals surface area contributed by atoms with Gasteiger partial charge in [0, 0.05) is 16.9 Å². The van der Waals surface area contributed by atoms with Gasteiger partial charge in [0.2, 0.25) is 11.8 Å². The van der Waals surface area contributed by atoms with Crippen LogP contribution in [-0.2, 0) is 9.59 Å². The highest BCUT2D eigenvalue weighted by molar-refractivity contribution is 6.31. The molecule has 1 saturated heterocycles. The first-order valence-corrected chi connectivity index (χ1v) is 9.58. The number of halogens is 1. The zero-order chi connectivity index (χ0) is 17.1. The Morgan fingerprint density at radius 3 is 1.96 bits per heavy atom. The van der Waals surface area contributed by atoms with E-state index in [1.165, 1.54) is 35.3 Å². The topological polar surface area (TPSA) is 37.4 Å². The summed E-state index contributed by atoms with van der Waals surface area (Å²) < 4.78 is 0. The van der Waals surface area contributed by atoms with Crippen molar-refractivity contribution < 1.29 is 9.59 Å². The zero-order valence-electron chi connectivity index (χ0n) is 14.0. The van der Waals surface area contributed by atoms with Crippen LogP contribution in [0.1, 0.15) is 32.1 Å². The fourth-order valence-corrected chi connectivity index (χ4v) is 5.47. The van der Waals surface area contributed by atoms with Gasteiger partial charge in [-0.15, -0.1) is 0 Å². The minimum atomic E-state index is -0.206. The molecule has 3 aliphatic carbocycles. The van der Waals surface area contributed by atoms with E-state index in [1.54, 1.807) is 24.3 Å². The molecule has 2 saturated carbocycles. The average molecular weight is 354 g/mol. The van der Waals surface area contributed by atoms with Crippen molar-refractivity contribution in [2.24, 2.45) is 23.7 Å². The van der Waals surface area contributed by atoms with E-state index in [4.69, 9.17) is 11.6 Å². The second-order valence-corrected chi connectivity index (χ2v) is 8.03. The average Bonchev–Trinajstić information content (AvgIpc) is 3.27. The molecule has 0 aromatic heterocycles. The second-order valence-electron chi connectivity index (χ2n) is 7.60. The summed E-state index contributed by atoms with van der Waals surface area (Å²) in [5.74, 6) is -0.218. The van der Waals surface area contributed by atoms with Crippen LogP contribution in [0.5, 0.6) is 0 Å². The first-order chi connectivity index (χ1) is 12.2. The SMILES string of the molecule is O=C1[C@@H]2[C@@H](C(=O)N1c1ccc(Cl)cc1)[C@H]1C=C[C@H]2C1=C1CCCCC1. The lowest BCUT2D eigenvalue weighted by Crippen LogP contribution is -2.33. The molecule has 3 nitrogen and oxygen atoms in total. The summed E-state index contributed by atoms with van der Waals surface area (Å²) in [6, 6.07) is 6.98. The predicted octanol–water partition coefficient (Wildman–Crippen LogP) is 4.52. The highest BCUT2D eigenvalue weighted by Gasteiger charge is 2.62. The number of carbonyl (C=O) groups is 2. The van der Waals surface area contributed by atoms with Crippen molar-refractivity contribution in [3.8, 4) is 0 Å². The number of amides is 2. The molecule has 1 aliphatic heterocycles. The number of hydrogen-bond acceptors (Lipinski definition) is 2. The van der Waals surface area contributed by atoms with Crippen LogP contribution in [0.2, 0.25) is 5.02 Å². The number of allylic oxidation sites excluding steroid dienone is 4. The van der Waals surface area contributed by atoms with Crippen LogP contribution in [-0.4, -0.2) is 11.8 Å². The molecule has 5 rings (SSSR count). The molecule has 2 bridgehead atoms. The van der Waals surface area contributed by atoms with Gasteiger partial charge in [0.25, 0.3) is 0 Å². The third-order valence-corrected chi connectivity index (χ3v) is 6.62. The van der Waals surface area contributed by atoms with Crippen molar-refractivity contribution in [3.63, 3.8) is 0 Å². The maximum Gasteiger partial charge on any atom is 0.238 e. The Morgan fingerprint density at radius 2 is 1.40 bits per heavy atom. The molecule has 2 amide bonds. The lowest BCUT2D eigenvalue weighted by atomic mass is 9.85. The van der Waals surface area contributed by atoms with Gasteiger partial charge in [0.1, 0.15) is 0 Å². The van der Waals surface area contributed by atoms with Crippen LogP contribution < -0.4 is 4.90 Å². The number of carbonyl (C=O) groups excluding carboxylic acids is 2. The second kappa shape index (κ2) is 5.57. The normalized spacial score (nSPS) is 33.6. The van der Waals surface area contributed by atoms with Gasteiger partial charge < -0.3 is 0 Å². The molecule has 0 N–H and O–H groups in total. The number of nitrogens with zero attached hydrogens (tertiary/aromatic N) is 1. The number of imide groups is 1. The number of anilines is 1. The molecule has 0 radical (unpaired) electrons. The van der Waals surface area contributed by atoms with Crippen LogP contribution >= 0.6 is 11.6 Å². The Morgan fingerprint density at radius 1 is 0.840 bits per heavy atom. The monoisotopic (exact) mass is 353 g/mol. The molecule has 1 heterocycles. The van der Waals surface area contributed by atoms with Gasteiger partial charge in [0.15, 0.2) is 0 Å². The minimum Gasteiger partial charge on any atom is -0.274 e. The molecule has 4 atom stereocenters. The Balaban J connectivity index is 1.52. The van der Waals surface area contributed by atoms with Crippen LogP contribution in [0, 0.1) is 23.7 Å². The maximum atomic E-state index is 13.1. The van der Waals surface area contributed by atoms with Gasteiger partial charge in [-0.25, -0.2) is 4.90 Å². The largest absolute Gasteiger partial charge is 0.274 e. The lowest BCUT2D eigenvalue weighted by molar-refractivity contribution is -0.122. The number of hydrogen-bond donors (Lipinski definition) is 0. The van der Waals surface area contributed by atoms with E-state index in [1.807, 2.05) is 0 Å². The third-order valence-electron chi connectivity index (χ3n) is 6.37. The highest BCUT2D eigenvalue weighted by Crippen LogP contribution is 2.58. The van der Waals surface area contributed by atoms with Crippen LogP contribution in [0.3, 0.4) is 0 Å². The van der Waals surface area contributed by atoms with E-state index in [2.05, 4.69) is 12.2 Å². The molecule has 25 heavy (non-hydrogen) atoms. The third kappa shape index (κ3) is 2.11. The number of fused-ring (bicyclic) bond motifs is 5. The molecule has 3 fully saturated rings. The van der Waals surface area contributed by atoms with Crippen molar-refractivity contribution in [1.29, 1.82) is 0 Å². The van der Waals surface area contributed by atoms with Gasteiger partial charge in [0.05, 0.1) is 17.5 Å². The summed E-state index contributed by atoms with van der Waals surface area (Å²) >= 11 is 5.94. The Labute approximate surface area is 152 Å². The summed E-state index contributed by atoms with van der Waals surface area (Å²) in [4.78, 5) is 27.6. The Hall–Kier alpha value is -1.87. The summed E-state index contributed by atoms with van der Waals surface area (Å²) in [6.07, 6.45) is 10.4. The van der Waals surface area contributed by atoms with Crippen molar-refractivity contribution in [2.75, 3.05) is 4.90 Å². The molecular weight excluding hydrogens is 334 g/mol. The smallest absolute Gasteiger partial charge is 0.238 e. The standard InChI is InChI=1S/C21H20ClNO2/c22-13-6-8-14(9-7-13)23-20(24)18-15-10-11-16(19(18)21(23)25)17(15)12-4-2-1-3-5-12/h6-11,15-16,18-19H,1-5H2/t15-,16-,18-,19-/m0/s1. The van der Waals surface area contributed by atoms with Crippen molar-refractivity contribution in [1.82, 2.24) is 0 Å². The van der Waals surface area contributed by atoms with E-state index < -0.39 is 0 Å². The van der Waals surface area contributed by atoms with E-state index >= 15 is 0 Å². The fraction of sp³-hybridized carbons (Fsp3) is 0.429. The molecular formula is C21H20ClNO2. The van der Waals surface area contributed by atoms with Crippen molar-refractivity contribution in [2.45, 2.75) is 32.1 Å². The summed E-state index contributed by atoms with van der Waals surface area (Å²) in [6.45, 7) is 0. The van der Waals surface area contributed by atoms with Gasteiger partial charge in [-0.2, -0.15) is 0 Å². The van der Waals surface area contributed by atoms with Crippen LogP contribution in [0.15, 0.2) is 47.6 Å². The maximum absolute atomic E-state index is 13.1. The Kier molecular flexibility index (Phi) is 3.43. The summed E-state index contributed by atoms with van der Waals surface area (Å²) in [7, 11) is 0. The van der Waals surface area contributed by atoms with Crippen LogP contribution in [0.25, 0.3) is 0 Å². The van der Waals surface area contributed by atoms with Crippen LogP contribution in [0.4, 0.5) is 5.69 Å². The van der Waals surface area contributed by atoms with E-state index in [0.717, 1.165) is 12.8 Å². The summed E-state index contributed by atoms with van der Waals surface area (Å²) in [5, 5.41) is 0.606. The molecule has 1 aromatic carbocycles. The lowest BCUT2D eigenvalue weighted by Gasteiger charge is -2.23. The van der Waals surface area contributed by atoms with Crippen molar-refractivity contribution >= 4 is 29.1 Å². The van der Waals surface area contributed by atoms with E-state index in [0.29, 0.717) is 10.7 Å². The number of benzene rings is 1. The van der Waals surface area contributed by atoms with Gasteiger partial charge in [-0.1, -0.05) is 41.3 Å². The van der Waals surface area contributed by atoms with Gasteiger partial charge in [-0.3, -0.25) is 9.59 Å². The minimum absolute atomic E-state index is 0.0388. The molecule has 1 aromatic rings. The first kappa shape index (κ1) is 15.4. The molecule has 128 valence electrons. The Bertz CT molecular complexity index is 781. The van der Waals surface area contributed by atoms with E-state index in [-0.39, 0.29) is 35.5 Å². The summed E-state index contributed by atoms with van der Waals surface area (Å²) in [5.41, 5.74) is 3.58. The van der Waals surface area contributed by atoms with E-state index in [9.17, 15) is 9.59 Å². The molecule has 0 spiro atoms. The molecule has 4 aliphatic rings. The zero-order valence-corrected chi connectivity index (χ0v) is 14.7. The fourth-order valence-electron chi connectivity index (χ4n) is 5.35. The number of rotatable bonds is 1.